The van der Waals surface area contributed by atoms with Crippen LogP contribution in [0.5, 0.6) is 0 Å². The molecule has 2 fully saturated rings. The van der Waals surface area contributed by atoms with Gasteiger partial charge < -0.3 is 4.90 Å². The Morgan fingerprint density at radius 3 is 2.85 bits per heavy atom. The summed E-state index contributed by atoms with van der Waals surface area (Å²) in [6.45, 7) is 2.57. The van der Waals surface area contributed by atoms with Gasteiger partial charge in [0.25, 0.3) is 0 Å². The first-order chi connectivity index (χ1) is 6.42. The highest BCUT2D eigenvalue weighted by molar-refractivity contribution is 4.91. The van der Waals surface area contributed by atoms with Crippen molar-refractivity contribution in [1.29, 1.82) is 5.26 Å². The lowest BCUT2D eigenvalue weighted by molar-refractivity contribution is 0.0615. The van der Waals surface area contributed by atoms with E-state index < -0.39 is 0 Å². The van der Waals surface area contributed by atoms with Crippen LogP contribution in [-0.4, -0.2) is 24.0 Å². The SMILES string of the molecule is N#CCC1CCCN2CCCCC12. The molecule has 2 aliphatic rings. The fraction of sp³-hybridized carbons (Fsp3) is 0.909. The van der Waals surface area contributed by atoms with Crippen LogP contribution >= 0.6 is 0 Å². The van der Waals surface area contributed by atoms with Crippen LogP contribution in [-0.2, 0) is 0 Å². The second-order valence-electron chi connectivity index (χ2n) is 4.36. The molecule has 2 saturated heterocycles. The first-order valence-corrected chi connectivity index (χ1v) is 5.53. The van der Waals surface area contributed by atoms with E-state index in [4.69, 9.17) is 5.26 Å². The van der Waals surface area contributed by atoms with Gasteiger partial charge in [0.1, 0.15) is 0 Å². The molecule has 72 valence electrons. The molecule has 0 aromatic carbocycles. The van der Waals surface area contributed by atoms with Gasteiger partial charge in [-0.25, -0.2) is 0 Å². The van der Waals surface area contributed by atoms with Crippen molar-refractivity contribution in [2.24, 2.45) is 5.92 Å². The maximum atomic E-state index is 8.74. The first kappa shape index (κ1) is 9.02. The lowest BCUT2D eigenvalue weighted by atomic mass is 9.82. The lowest BCUT2D eigenvalue weighted by Gasteiger charge is -2.43. The van der Waals surface area contributed by atoms with E-state index in [9.17, 15) is 0 Å². The van der Waals surface area contributed by atoms with E-state index in [1.165, 1.54) is 45.2 Å². The molecule has 0 spiro atoms. The second-order valence-corrected chi connectivity index (χ2v) is 4.36. The molecule has 2 aliphatic heterocycles. The molecule has 0 saturated carbocycles. The molecule has 2 rings (SSSR count). The maximum Gasteiger partial charge on any atom is 0.0625 e. The molecule has 13 heavy (non-hydrogen) atoms. The van der Waals surface area contributed by atoms with Gasteiger partial charge in [-0.1, -0.05) is 6.42 Å². The highest BCUT2D eigenvalue weighted by Crippen LogP contribution is 2.32. The van der Waals surface area contributed by atoms with Crippen molar-refractivity contribution in [3.63, 3.8) is 0 Å². The Bertz CT molecular complexity index is 205. The van der Waals surface area contributed by atoms with E-state index >= 15 is 0 Å². The van der Waals surface area contributed by atoms with Crippen LogP contribution in [0.15, 0.2) is 0 Å². The molecule has 2 unspecified atom stereocenters. The Morgan fingerprint density at radius 1 is 1.15 bits per heavy atom. The molecule has 0 aromatic rings. The summed E-state index contributed by atoms with van der Waals surface area (Å²) in [6, 6.07) is 3.10. The molecular weight excluding hydrogens is 160 g/mol. The van der Waals surface area contributed by atoms with Crippen LogP contribution in [0.3, 0.4) is 0 Å². The fourth-order valence-corrected chi connectivity index (χ4v) is 2.93. The van der Waals surface area contributed by atoms with Crippen molar-refractivity contribution >= 4 is 0 Å². The highest BCUT2D eigenvalue weighted by atomic mass is 15.2. The molecule has 0 amide bonds. The Labute approximate surface area is 80.5 Å². The van der Waals surface area contributed by atoms with Crippen LogP contribution in [0.4, 0.5) is 0 Å². The second kappa shape index (κ2) is 4.11. The molecule has 0 aliphatic carbocycles. The third kappa shape index (κ3) is 1.86. The Morgan fingerprint density at radius 2 is 2.00 bits per heavy atom. The predicted octanol–water partition coefficient (Wildman–Crippen LogP) is 2.16. The molecular formula is C11H18N2. The van der Waals surface area contributed by atoms with E-state index in [0.29, 0.717) is 5.92 Å². The average Bonchev–Trinajstić information content (AvgIpc) is 2.19. The molecule has 0 radical (unpaired) electrons. The third-order valence-electron chi connectivity index (χ3n) is 3.58. The van der Waals surface area contributed by atoms with Crippen molar-refractivity contribution in [3.8, 4) is 6.07 Å². The molecule has 2 heteroatoms. The number of rotatable bonds is 1. The lowest BCUT2D eigenvalue weighted by Crippen LogP contribution is -2.47. The maximum absolute atomic E-state index is 8.74. The molecule has 0 aromatic heterocycles. The summed E-state index contributed by atoms with van der Waals surface area (Å²) in [6.07, 6.45) is 7.46. The van der Waals surface area contributed by atoms with Crippen LogP contribution in [0, 0.1) is 17.2 Å². The summed E-state index contributed by atoms with van der Waals surface area (Å²) in [5, 5.41) is 8.74. The summed E-state index contributed by atoms with van der Waals surface area (Å²) >= 11 is 0. The van der Waals surface area contributed by atoms with E-state index in [-0.39, 0.29) is 0 Å². The molecule has 2 atom stereocenters. The first-order valence-electron chi connectivity index (χ1n) is 5.53. The molecule has 0 bridgehead atoms. The molecule has 2 heterocycles. The molecule has 2 nitrogen and oxygen atoms in total. The highest BCUT2D eigenvalue weighted by Gasteiger charge is 2.32. The normalized spacial score (nSPS) is 35.0. The van der Waals surface area contributed by atoms with Crippen molar-refractivity contribution in [2.45, 2.75) is 44.6 Å². The zero-order valence-electron chi connectivity index (χ0n) is 8.21. The van der Waals surface area contributed by atoms with E-state index in [1.807, 2.05) is 0 Å². The Kier molecular flexibility index (Phi) is 2.85. The quantitative estimate of drug-likeness (QED) is 0.615. The standard InChI is InChI=1S/C11H18N2/c12-7-6-10-4-3-9-13-8-2-1-5-11(10)13/h10-11H,1-6,8-9H2. The number of hydrogen-bond donors (Lipinski definition) is 0. The summed E-state index contributed by atoms with van der Waals surface area (Å²) in [5.74, 6) is 0.680. The van der Waals surface area contributed by atoms with Gasteiger partial charge in [-0.2, -0.15) is 5.26 Å². The minimum Gasteiger partial charge on any atom is -0.300 e. The Hall–Kier alpha value is -0.550. The zero-order chi connectivity index (χ0) is 9.10. The van der Waals surface area contributed by atoms with Crippen LogP contribution in [0.25, 0.3) is 0 Å². The van der Waals surface area contributed by atoms with Gasteiger partial charge in [0.15, 0.2) is 0 Å². The van der Waals surface area contributed by atoms with Gasteiger partial charge >= 0.3 is 0 Å². The number of nitrogens with zero attached hydrogens (tertiary/aromatic N) is 2. The summed E-state index contributed by atoms with van der Waals surface area (Å²) in [5.41, 5.74) is 0. The summed E-state index contributed by atoms with van der Waals surface area (Å²) in [7, 11) is 0. The number of nitriles is 1. The largest absolute Gasteiger partial charge is 0.300 e. The summed E-state index contributed by atoms with van der Waals surface area (Å²) < 4.78 is 0. The van der Waals surface area contributed by atoms with E-state index in [1.54, 1.807) is 0 Å². The fourth-order valence-electron chi connectivity index (χ4n) is 2.93. The van der Waals surface area contributed by atoms with E-state index in [2.05, 4.69) is 11.0 Å². The topological polar surface area (TPSA) is 27.0 Å². The zero-order valence-corrected chi connectivity index (χ0v) is 8.21. The predicted molar refractivity (Wildman–Crippen MR) is 52.2 cm³/mol. The van der Waals surface area contributed by atoms with Crippen LogP contribution < -0.4 is 0 Å². The molecule has 0 N–H and O–H groups in total. The smallest absolute Gasteiger partial charge is 0.0625 e. The monoisotopic (exact) mass is 178 g/mol. The number of fused-ring (bicyclic) bond motifs is 1. The van der Waals surface area contributed by atoms with Gasteiger partial charge in [0.2, 0.25) is 0 Å². The van der Waals surface area contributed by atoms with Gasteiger partial charge in [0, 0.05) is 12.5 Å². The van der Waals surface area contributed by atoms with Crippen molar-refractivity contribution in [1.82, 2.24) is 4.90 Å². The van der Waals surface area contributed by atoms with Crippen LogP contribution in [0.1, 0.15) is 38.5 Å². The van der Waals surface area contributed by atoms with Gasteiger partial charge in [-0.05, 0) is 44.7 Å². The van der Waals surface area contributed by atoms with Crippen LogP contribution in [0.2, 0.25) is 0 Å². The third-order valence-corrected chi connectivity index (χ3v) is 3.58. The minimum atomic E-state index is 0.680. The van der Waals surface area contributed by atoms with Crippen molar-refractivity contribution in [3.05, 3.63) is 0 Å². The summed E-state index contributed by atoms with van der Waals surface area (Å²) in [4.78, 5) is 2.62. The average molecular weight is 178 g/mol. The number of hydrogen-bond acceptors (Lipinski definition) is 2. The van der Waals surface area contributed by atoms with Crippen molar-refractivity contribution < 1.29 is 0 Å². The van der Waals surface area contributed by atoms with Gasteiger partial charge in [-0.15, -0.1) is 0 Å². The van der Waals surface area contributed by atoms with Gasteiger partial charge in [-0.3, -0.25) is 0 Å². The minimum absolute atomic E-state index is 0.680. The number of piperidine rings is 2. The van der Waals surface area contributed by atoms with E-state index in [0.717, 1.165) is 12.5 Å². The van der Waals surface area contributed by atoms with Gasteiger partial charge in [0.05, 0.1) is 6.07 Å². The van der Waals surface area contributed by atoms with Crippen molar-refractivity contribution in [2.75, 3.05) is 13.1 Å². The Balaban J connectivity index is 1.99.